The minimum Gasteiger partial charge on any atom is -0.495 e. The first-order valence-electron chi connectivity index (χ1n) is 7.44. The number of carbonyl (C=O) groups is 2. The highest BCUT2D eigenvalue weighted by atomic mass is 32.1. The van der Waals surface area contributed by atoms with E-state index in [-0.39, 0.29) is 6.61 Å². The number of thiophene rings is 1. The summed E-state index contributed by atoms with van der Waals surface area (Å²) in [7, 11) is 1.54. The lowest BCUT2D eigenvalue weighted by atomic mass is 10.2. The van der Waals surface area contributed by atoms with Crippen LogP contribution in [-0.4, -0.2) is 25.7 Å². The monoisotopic (exact) mass is 348 g/mol. The van der Waals surface area contributed by atoms with Crippen molar-refractivity contribution >= 4 is 34.0 Å². The molecule has 0 bridgehead atoms. The van der Waals surface area contributed by atoms with Gasteiger partial charge in [0.2, 0.25) is 0 Å². The first-order chi connectivity index (χ1) is 11.5. The van der Waals surface area contributed by atoms with Crippen LogP contribution in [0.2, 0.25) is 0 Å². The molecule has 1 heterocycles. The van der Waals surface area contributed by atoms with Gasteiger partial charge in [0.1, 0.15) is 10.8 Å². The van der Waals surface area contributed by atoms with E-state index in [4.69, 9.17) is 9.47 Å². The van der Waals surface area contributed by atoms with Gasteiger partial charge in [0, 0.05) is 0 Å². The average Bonchev–Trinajstić information content (AvgIpc) is 2.88. The summed E-state index contributed by atoms with van der Waals surface area (Å²) >= 11 is 1.28. The predicted molar refractivity (Wildman–Crippen MR) is 95.4 cm³/mol. The molecule has 0 atom stereocenters. The molecule has 2 amide bonds. The maximum atomic E-state index is 12.3. The van der Waals surface area contributed by atoms with E-state index in [1.54, 1.807) is 25.3 Å². The lowest BCUT2D eigenvalue weighted by Crippen LogP contribution is -2.21. The van der Waals surface area contributed by atoms with Crippen LogP contribution in [0.3, 0.4) is 0 Å². The summed E-state index contributed by atoms with van der Waals surface area (Å²) in [5, 5.41) is 7.69. The number of aryl methyl sites for hydroxylation is 2. The van der Waals surface area contributed by atoms with E-state index >= 15 is 0 Å². The van der Waals surface area contributed by atoms with Gasteiger partial charge >= 0.3 is 12.0 Å². The average molecular weight is 348 g/mol. The maximum Gasteiger partial charge on any atom is 0.341 e. The summed E-state index contributed by atoms with van der Waals surface area (Å²) in [6.07, 6.45) is 0. The second-order valence-electron chi connectivity index (χ2n) is 5.13. The molecule has 0 aliphatic carbocycles. The molecule has 2 N–H and O–H groups in total. The summed E-state index contributed by atoms with van der Waals surface area (Å²) in [5.41, 5.74) is 2.70. The number of amides is 2. The van der Waals surface area contributed by atoms with Crippen LogP contribution >= 0.6 is 11.3 Å². The van der Waals surface area contributed by atoms with Crippen molar-refractivity contribution in [1.82, 2.24) is 0 Å². The Labute approximate surface area is 144 Å². The van der Waals surface area contributed by atoms with Crippen molar-refractivity contribution in [3.8, 4) is 5.75 Å². The van der Waals surface area contributed by atoms with E-state index < -0.39 is 12.0 Å². The van der Waals surface area contributed by atoms with E-state index in [0.717, 1.165) is 11.1 Å². The van der Waals surface area contributed by atoms with E-state index in [0.29, 0.717) is 22.0 Å². The number of hydrogen-bond donors (Lipinski definition) is 2. The molecule has 24 heavy (non-hydrogen) atoms. The Kier molecular flexibility index (Phi) is 5.81. The lowest BCUT2D eigenvalue weighted by molar-refractivity contribution is 0.0527. The highest BCUT2D eigenvalue weighted by Gasteiger charge is 2.20. The zero-order chi connectivity index (χ0) is 17.7. The molecule has 6 nitrogen and oxygen atoms in total. The van der Waals surface area contributed by atoms with Crippen molar-refractivity contribution in [1.29, 1.82) is 0 Å². The van der Waals surface area contributed by atoms with Crippen molar-refractivity contribution in [2.75, 3.05) is 24.4 Å². The molecule has 0 spiro atoms. The van der Waals surface area contributed by atoms with Gasteiger partial charge in [-0.3, -0.25) is 5.32 Å². The molecule has 1 aromatic heterocycles. The second kappa shape index (κ2) is 7.83. The van der Waals surface area contributed by atoms with E-state index in [9.17, 15) is 9.59 Å². The molecule has 0 aliphatic heterocycles. The minimum absolute atomic E-state index is 0.278. The van der Waals surface area contributed by atoms with Gasteiger partial charge in [-0.1, -0.05) is 6.07 Å². The number of carbonyl (C=O) groups excluding carboxylic acids is 2. The summed E-state index contributed by atoms with van der Waals surface area (Å²) < 4.78 is 10.3. The van der Waals surface area contributed by atoms with Crippen LogP contribution in [-0.2, 0) is 4.74 Å². The fourth-order valence-corrected chi connectivity index (χ4v) is 3.10. The standard InChI is InChI=1S/C17H20N2O4S/c1-5-23-16(20)14-11(3)9-24-15(14)19-17(21)18-12-8-10(2)6-7-13(12)22-4/h6-9H,5H2,1-4H3,(H2,18,19,21). The van der Waals surface area contributed by atoms with Crippen LogP contribution in [0.1, 0.15) is 28.4 Å². The normalized spacial score (nSPS) is 10.2. The quantitative estimate of drug-likeness (QED) is 0.794. The largest absolute Gasteiger partial charge is 0.495 e. The van der Waals surface area contributed by atoms with Gasteiger partial charge in [-0.15, -0.1) is 11.3 Å². The number of anilines is 2. The van der Waals surface area contributed by atoms with Crippen molar-refractivity contribution < 1.29 is 19.1 Å². The molecule has 7 heteroatoms. The number of esters is 1. The van der Waals surface area contributed by atoms with E-state index in [2.05, 4.69) is 10.6 Å². The Hall–Kier alpha value is -2.54. The van der Waals surface area contributed by atoms with Crippen LogP contribution in [0.15, 0.2) is 23.6 Å². The molecule has 0 radical (unpaired) electrons. The lowest BCUT2D eigenvalue weighted by Gasteiger charge is -2.12. The molecule has 128 valence electrons. The van der Waals surface area contributed by atoms with Gasteiger partial charge < -0.3 is 14.8 Å². The molecule has 1 aromatic carbocycles. The van der Waals surface area contributed by atoms with Gasteiger partial charge in [-0.05, 0) is 49.4 Å². The molecule has 0 unspecified atom stereocenters. The Bertz CT molecular complexity index is 755. The van der Waals surface area contributed by atoms with Crippen LogP contribution in [0.5, 0.6) is 5.75 Å². The molecular weight excluding hydrogens is 328 g/mol. The number of urea groups is 1. The third kappa shape index (κ3) is 4.05. The smallest absolute Gasteiger partial charge is 0.341 e. The van der Waals surface area contributed by atoms with E-state index in [1.807, 2.05) is 19.1 Å². The third-order valence-electron chi connectivity index (χ3n) is 3.28. The zero-order valence-electron chi connectivity index (χ0n) is 14.1. The van der Waals surface area contributed by atoms with Crippen LogP contribution in [0.25, 0.3) is 0 Å². The number of nitrogens with one attached hydrogen (secondary N) is 2. The van der Waals surface area contributed by atoms with Gasteiger partial charge in [0.15, 0.2) is 0 Å². The topological polar surface area (TPSA) is 76.7 Å². The van der Waals surface area contributed by atoms with Gasteiger partial charge in [-0.25, -0.2) is 9.59 Å². The van der Waals surface area contributed by atoms with E-state index in [1.165, 1.54) is 18.4 Å². The number of rotatable bonds is 5. The summed E-state index contributed by atoms with van der Waals surface area (Å²) in [5.74, 6) is 0.114. The van der Waals surface area contributed by atoms with Crippen LogP contribution in [0, 0.1) is 13.8 Å². The fraction of sp³-hybridized carbons (Fsp3) is 0.294. The first-order valence-corrected chi connectivity index (χ1v) is 8.32. The zero-order valence-corrected chi connectivity index (χ0v) is 14.9. The minimum atomic E-state index is -0.453. The van der Waals surface area contributed by atoms with Gasteiger partial charge in [-0.2, -0.15) is 0 Å². The van der Waals surface area contributed by atoms with Crippen LogP contribution < -0.4 is 15.4 Å². The highest BCUT2D eigenvalue weighted by molar-refractivity contribution is 7.15. The summed E-state index contributed by atoms with van der Waals surface area (Å²) in [6.45, 7) is 5.74. The Balaban J connectivity index is 2.17. The van der Waals surface area contributed by atoms with Crippen molar-refractivity contribution in [3.05, 3.63) is 40.3 Å². The van der Waals surface area contributed by atoms with Crippen molar-refractivity contribution in [2.24, 2.45) is 0 Å². The predicted octanol–water partition coefficient (Wildman–Crippen LogP) is 4.19. The molecule has 0 saturated heterocycles. The SMILES string of the molecule is CCOC(=O)c1c(C)csc1NC(=O)Nc1cc(C)ccc1OC. The molecule has 2 rings (SSSR count). The van der Waals surface area contributed by atoms with Crippen LogP contribution in [0.4, 0.5) is 15.5 Å². The molecule has 0 saturated carbocycles. The second-order valence-corrected chi connectivity index (χ2v) is 6.01. The third-order valence-corrected chi connectivity index (χ3v) is 4.30. The molecular formula is C17H20N2O4S. The summed E-state index contributed by atoms with van der Waals surface area (Å²) in [4.78, 5) is 24.3. The first kappa shape index (κ1) is 17.8. The highest BCUT2D eigenvalue weighted by Crippen LogP contribution is 2.29. The summed E-state index contributed by atoms with van der Waals surface area (Å²) in [6, 6.07) is 5.03. The van der Waals surface area contributed by atoms with Gasteiger partial charge in [0.05, 0.1) is 25.0 Å². The number of methoxy groups -OCH3 is 1. The van der Waals surface area contributed by atoms with Crippen molar-refractivity contribution in [3.63, 3.8) is 0 Å². The molecule has 0 fully saturated rings. The Morgan fingerprint density at radius 3 is 2.62 bits per heavy atom. The Morgan fingerprint density at radius 1 is 1.21 bits per heavy atom. The number of ether oxygens (including phenoxy) is 2. The van der Waals surface area contributed by atoms with Gasteiger partial charge in [0.25, 0.3) is 0 Å². The maximum absolute atomic E-state index is 12.3. The molecule has 0 aliphatic rings. The molecule has 2 aromatic rings. The Morgan fingerprint density at radius 2 is 1.96 bits per heavy atom. The fourth-order valence-electron chi connectivity index (χ4n) is 2.17. The van der Waals surface area contributed by atoms with Crippen molar-refractivity contribution in [2.45, 2.75) is 20.8 Å². The number of benzene rings is 1. The number of hydrogen-bond acceptors (Lipinski definition) is 5.